The Bertz CT molecular complexity index is 843. The fraction of sp³-hybridized carbons (Fsp3) is 0.333. The van der Waals surface area contributed by atoms with Crippen LogP contribution in [-0.2, 0) is 9.59 Å². The lowest BCUT2D eigenvalue weighted by Crippen LogP contribution is -2.38. The smallest absolute Gasteiger partial charge is 0.222 e. The van der Waals surface area contributed by atoms with Gasteiger partial charge in [-0.15, -0.1) is 0 Å². The van der Waals surface area contributed by atoms with Crippen molar-refractivity contribution < 1.29 is 19.4 Å². The van der Waals surface area contributed by atoms with E-state index in [0.29, 0.717) is 10.8 Å². The Morgan fingerprint density at radius 1 is 1.14 bits per heavy atom. The molecular weight excluding hydrogens is 415 g/mol. The molecule has 0 aliphatic carbocycles. The van der Waals surface area contributed by atoms with Crippen LogP contribution in [0.1, 0.15) is 30.5 Å². The number of aliphatic hydroxyl groups excluding tert-OH is 1. The third kappa shape index (κ3) is 7.57. The molecule has 0 saturated heterocycles. The molecule has 0 radical (unpaired) electrons. The molecular formula is C21H24Cl2N2O4. The van der Waals surface area contributed by atoms with Gasteiger partial charge in [-0.2, -0.15) is 0 Å². The summed E-state index contributed by atoms with van der Waals surface area (Å²) in [7, 11) is 0. The number of amides is 2. The van der Waals surface area contributed by atoms with Gasteiger partial charge in [0.1, 0.15) is 23.5 Å². The van der Waals surface area contributed by atoms with Crippen molar-refractivity contribution in [3.05, 3.63) is 63.6 Å². The molecule has 2 rings (SSSR count). The first kappa shape index (κ1) is 23.0. The predicted molar refractivity (Wildman–Crippen MR) is 113 cm³/mol. The fourth-order valence-corrected chi connectivity index (χ4v) is 2.97. The SMILES string of the molecule is CC(=O)NC(CC(=O)NCC(O)COc1cccc(Cl)c1Cl)c1ccc(C)cc1. The highest BCUT2D eigenvalue weighted by Crippen LogP contribution is 2.31. The average Bonchev–Trinajstić information content (AvgIpc) is 2.67. The Labute approximate surface area is 180 Å². The summed E-state index contributed by atoms with van der Waals surface area (Å²) in [5.41, 5.74) is 1.92. The summed E-state index contributed by atoms with van der Waals surface area (Å²) in [4.78, 5) is 23.8. The van der Waals surface area contributed by atoms with Gasteiger partial charge in [0.2, 0.25) is 11.8 Å². The molecule has 3 N–H and O–H groups in total. The van der Waals surface area contributed by atoms with E-state index < -0.39 is 12.1 Å². The van der Waals surface area contributed by atoms with Crippen molar-refractivity contribution in [1.29, 1.82) is 0 Å². The molecule has 0 aliphatic heterocycles. The maximum absolute atomic E-state index is 12.3. The van der Waals surface area contributed by atoms with Gasteiger partial charge in [0.15, 0.2) is 0 Å². The zero-order valence-electron chi connectivity index (χ0n) is 16.2. The largest absolute Gasteiger partial charge is 0.489 e. The van der Waals surface area contributed by atoms with Crippen molar-refractivity contribution in [1.82, 2.24) is 10.6 Å². The Hall–Kier alpha value is -2.28. The number of carbonyl (C=O) groups excluding carboxylic acids is 2. The number of aryl methyl sites for hydroxylation is 1. The number of aliphatic hydroxyl groups is 1. The predicted octanol–water partition coefficient (Wildman–Crippen LogP) is 3.43. The van der Waals surface area contributed by atoms with Crippen LogP contribution in [-0.4, -0.2) is 36.2 Å². The van der Waals surface area contributed by atoms with Gasteiger partial charge in [0, 0.05) is 13.5 Å². The van der Waals surface area contributed by atoms with Crippen molar-refractivity contribution in [2.75, 3.05) is 13.2 Å². The number of hydrogen-bond acceptors (Lipinski definition) is 4. The normalized spacial score (nSPS) is 12.7. The third-order valence-electron chi connectivity index (χ3n) is 4.13. The number of ether oxygens (including phenoxy) is 1. The summed E-state index contributed by atoms with van der Waals surface area (Å²) in [6.07, 6.45) is -0.885. The van der Waals surface area contributed by atoms with Gasteiger partial charge in [-0.05, 0) is 24.6 Å². The molecule has 2 aromatic carbocycles. The van der Waals surface area contributed by atoms with E-state index in [0.717, 1.165) is 11.1 Å². The monoisotopic (exact) mass is 438 g/mol. The fourth-order valence-electron chi connectivity index (χ4n) is 2.63. The number of carbonyl (C=O) groups is 2. The van der Waals surface area contributed by atoms with Crippen molar-refractivity contribution in [3.8, 4) is 5.75 Å². The lowest BCUT2D eigenvalue weighted by atomic mass is 10.0. The van der Waals surface area contributed by atoms with Crippen LogP contribution in [0.2, 0.25) is 10.0 Å². The van der Waals surface area contributed by atoms with Gasteiger partial charge in [-0.3, -0.25) is 9.59 Å². The average molecular weight is 439 g/mol. The van der Waals surface area contributed by atoms with Crippen LogP contribution in [0.5, 0.6) is 5.75 Å². The second-order valence-electron chi connectivity index (χ2n) is 6.69. The van der Waals surface area contributed by atoms with Crippen LogP contribution in [0.15, 0.2) is 42.5 Å². The van der Waals surface area contributed by atoms with E-state index in [9.17, 15) is 14.7 Å². The highest BCUT2D eigenvalue weighted by molar-refractivity contribution is 6.42. The minimum atomic E-state index is -0.937. The van der Waals surface area contributed by atoms with Gasteiger partial charge < -0.3 is 20.5 Å². The summed E-state index contributed by atoms with van der Waals surface area (Å²) in [6, 6.07) is 12.1. The van der Waals surface area contributed by atoms with E-state index in [2.05, 4.69) is 10.6 Å². The maximum atomic E-state index is 12.3. The maximum Gasteiger partial charge on any atom is 0.222 e. The van der Waals surface area contributed by atoms with E-state index in [1.807, 2.05) is 31.2 Å². The second kappa shape index (κ2) is 11.0. The molecule has 8 heteroatoms. The quantitative estimate of drug-likeness (QED) is 0.559. The number of hydrogen-bond donors (Lipinski definition) is 3. The van der Waals surface area contributed by atoms with Crippen LogP contribution in [0.3, 0.4) is 0 Å². The zero-order valence-corrected chi connectivity index (χ0v) is 17.8. The molecule has 0 fully saturated rings. The topological polar surface area (TPSA) is 87.7 Å². The van der Waals surface area contributed by atoms with Crippen LogP contribution in [0.25, 0.3) is 0 Å². The molecule has 2 amide bonds. The molecule has 0 saturated carbocycles. The third-order valence-corrected chi connectivity index (χ3v) is 4.93. The molecule has 156 valence electrons. The number of halogens is 2. The van der Waals surface area contributed by atoms with Crippen molar-refractivity contribution in [3.63, 3.8) is 0 Å². The zero-order chi connectivity index (χ0) is 21.4. The highest BCUT2D eigenvalue weighted by Gasteiger charge is 2.18. The molecule has 29 heavy (non-hydrogen) atoms. The molecule has 0 aliphatic rings. The van der Waals surface area contributed by atoms with Gasteiger partial charge in [-0.25, -0.2) is 0 Å². The van der Waals surface area contributed by atoms with Crippen molar-refractivity contribution in [2.45, 2.75) is 32.4 Å². The highest BCUT2D eigenvalue weighted by atomic mass is 35.5. The van der Waals surface area contributed by atoms with Crippen LogP contribution in [0.4, 0.5) is 0 Å². The molecule has 2 atom stereocenters. The lowest BCUT2D eigenvalue weighted by Gasteiger charge is -2.19. The molecule has 2 aromatic rings. The molecule has 0 bridgehead atoms. The van der Waals surface area contributed by atoms with E-state index >= 15 is 0 Å². The first-order chi connectivity index (χ1) is 13.8. The standard InChI is InChI=1S/C21H24Cl2N2O4/c1-13-6-8-15(9-7-13)18(25-14(2)26)10-20(28)24-11-16(27)12-29-19-5-3-4-17(22)21(19)23/h3-9,16,18,27H,10-12H2,1-2H3,(H,24,28)(H,25,26). The summed E-state index contributed by atoms with van der Waals surface area (Å²) in [5, 5.41) is 16.1. The summed E-state index contributed by atoms with van der Waals surface area (Å²) >= 11 is 11.9. The van der Waals surface area contributed by atoms with Crippen LogP contribution >= 0.6 is 23.2 Å². The molecule has 0 aromatic heterocycles. The summed E-state index contributed by atoms with van der Waals surface area (Å²) < 4.78 is 5.45. The van der Waals surface area contributed by atoms with Gasteiger partial charge in [0.25, 0.3) is 0 Å². The van der Waals surface area contributed by atoms with Crippen LogP contribution < -0.4 is 15.4 Å². The first-order valence-electron chi connectivity index (χ1n) is 9.11. The second-order valence-corrected chi connectivity index (χ2v) is 7.47. The van der Waals surface area contributed by atoms with Crippen LogP contribution in [0, 0.1) is 6.92 Å². The van der Waals surface area contributed by atoms with E-state index in [1.54, 1.807) is 18.2 Å². The first-order valence-corrected chi connectivity index (χ1v) is 9.87. The van der Waals surface area contributed by atoms with Gasteiger partial charge >= 0.3 is 0 Å². The summed E-state index contributed by atoms with van der Waals surface area (Å²) in [6.45, 7) is 3.30. The van der Waals surface area contributed by atoms with Crippen molar-refractivity contribution in [2.24, 2.45) is 0 Å². The van der Waals surface area contributed by atoms with Gasteiger partial charge in [-0.1, -0.05) is 59.1 Å². The van der Waals surface area contributed by atoms with Gasteiger partial charge in [0.05, 0.1) is 17.5 Å². The lowest BCUT2D eigenvalue weighted by molar-refractivity contribution is -0.123. The minimum absolute atomic E-state index is 0.00227. The number of benzene rings is 2. The molecule has 2 unspecified atom stereocenters. The summed E-state index contributed by atoms with van der Waals surface area (Å²) in [5.74, 6) is -0.172. The molecule has 0 heterocycles. The Kier molecular flexibility index (Phi) is 8.76. The van der Waals surface area contributed by atoms with E-state index in [-0.39, 0.29) is 36.4 Å². The number of rotatable bonds is 9. The molecule has 0 spiro atoms. The van der Waals surface area contributed by atoms with Crippen molar-refractivity contribution >= 4 is 35.0 Å². The Balaban J connectivity index is 1.85. The molecule has 6 nitrogen and oxygen atoms in total. The van der Waals surface area contributed by atoms with E-state index in [4.69, 9.17) is 27.9 Å². The Morgan fingerprint density at radius 3 is 2.48 bits per heavy atom. The Morgan fingerprint density at radius 2 is 1.83 bits per heavy atom. The number of nitrogens with one attached hydrogen (secondary N) is 2. The van der Waals surface area contributed by atoms with E-state index in [1.165, 1.54) is 6.92 Å². The minimum Gasteiger partial charge on any atom is -0.489 e.